The van der Waals surface area contributed by atoms with E-state index >= 15 is 0 Å². The fourth-order valence-corrected chi connectivity index (χ4v) is 3.10. The molecule has 0 atom stereocenters. The summed E-state index contributed by atoms with van der Waals surface area (Å²) in [6.45, 7) is 11.8. The van der Waals surface area contributed by atoms with Crippen LogP contribution in [0.4, 0.5) is 8.78 Å². The van der Waals surface area contributed by atoms with Crippen LogP contribution in [0.5, 0.6) is 0 Å². The van der Waals surface area contributed by atoms with Crippen molar-refractivity contribution in [1.82, 2.24) is 20.1 Å². The van der Waals surface area contributed by atoms with Crippen molar-refractivity contribution < 1.29 is 13.5 Å². The molecule has 1 N–H and O–H groups in total. The van der Waals surface area contributed by atoms with Gasteiger partial charge in [-0.3, -0.25) is 0 Å². The normalized spacial score (nSPS) is 12.5. The molecule has 3 aromatic rings. The van der Waals surface area contributed by atoms with Gasteiger partial charge in [0.25, 0.3) is 0 Å². The molecular formula is C21H26F2N5+. The van der Waals surface area contributed by atoms with Gasteiger partial charge >= 0.3 is 5.95 Å². The maximum atomic E-state index is 14.7. The zero-order valence-corrected chi connectivity index (χ0v) is 17.4. The molecule has 0 radical (unpaired) electrons. The molecule has 5 nitrogen and oxygen atoms in total. The van der Waals surface area contributed by atoms with Crippen LogP contribution in [0.25, 0.3) is 22.6 Å². The lowest BCUT2D eigenvalue weighted by molar-refractivity contribution is -0.752. The van der Waals surface area contributed by atoms with Gasteiger partial charge in [-0.25, -0.2) is 19.3 Å². The summed E-state index contributed by atoms with van der Waals surface area (Å²) in [5.74, 6) is 0.191. The molecule has 0 amide bonds. The molecule has 0 aliphatic rings. The number of aromatic nitrogens is 5. The molecule has 7 heteroatoms. The van der Waals surface area contributed by atoms with Crippen molar-refractivity contribution in [3.05, 3.63) is 47.7 Å². The number of hydrogen-bond acceptors (Lipinski definition) is 3. The zero-order valence-electron chi connectivity index (χ0n) is 17.4. The van der Waals surface area contributed by atoms with Gasteiger partial charge in [-0.1, -0.05) is 46.2 Å². The van der Waals surface area contributed by atoms with Gasteiger partial charge in [-0.15, -0.1) is 4.39 Å². The molecule has 0 aliphatic carbocycles. The maximum Gasteiger partial charge on any atom is 0.388 e. The van der Waals surface area contributed by atoms with Crippen molar-refractivity contribution >= 4 is 0 Å². The minimum atomic E-state index is -0.462. The Morgan fingerprint density at radius 3 is 2.14 bits per heavy atom. The SMILES string of the molecule is C[n+]1[nH]c(-c2cc(F)cc(-c3ncnc(C(C)(C)C)n3)c2)c(C(C)(C)C)c1F. The third kappa shape index (κ3) is 3.79. The van der Waals surface area contributed by atoms with Crippen LogP contribution in [0, 0.1) is 11.8 Å². The van der Waals surface area contributed by atoms with Crippen molar-refractivity contribution in [3.8, 4) is 22.6 Å². The first-order valence-corrected chi connectivity index (χ1v) is 9.17. The predicted octanol–water partition coefficient (Wildman–Crippen LogP) is 4.23. The summed E-state index contributed by atoms with van der Waals surface area (Å²) >= 11 is 0. The van der Waals surface area contributed by atoms with Crippen molar-refractivity contribution in [2.24, 2.45) is 7.05 Å². The van der Waals surface area contributed by atoms with Crippen LogP contribution in [-0.2, 0) is 17.9 Å². The first-order valence-electron chi connectivity index (χ1n) is 9.17. The van der Waals surface area contributed by atoms with E-state index in [2.05, 4.69) is 20.1 Å². The second-order valence-electron chi connectivity index (χ2n) is 9.07. The van der Waals surface area contributed by atoms with E-state index in [4.69, 9.17) is 0 Å². The van der Waals surface area contributed by atoms with Crippen LogP contribution in [-0.4, -0.2) is 20.1 Å². The third-order valence-corrected chi connectivity index (χ3v) is 4.47. The highest BCUT2D eigenvalue weighted by molar-refractivity contribution is 5.70. The molecule has 28 heavy (non-hydrogen) atoms. The van der Waals surface area contributed by atoms with Crippen molar-refractivity contribution in [1.29, 1.82) is 0 Å². The number of benzene rings is 1. The summed E-state index contributed by atoms with van der Waals surface area (Å²) < 4.78 is 30.5. The predicted molar refractivity (Wildman–Crippen MR) is 104 cm³/mol. The summed E-state index contributed by atoms with van der Waals surface area (Å²) in [4.78, 5) is 12.9. The van der Waals surface area contributed by atoms with Crippen LogP contribution >= 0.6 is 0 Å². The second-order valence-corrected chi connectivity index (χ2v) is 9.07. The lowest BCUT2D eigenvalue weighted by atomic mass is 9.85. The average molecular weight is 386 g/mol. The number of halogens is 2. The Morgan fingerprint density at radius 2 is 1.54 bits per heavy atom. The molecule has 0 aliphatic heterocycles. The van der Waals surface area contributed by atoms with Gasteiger partial charge < -0.3 is 0 Å². The molecular weight excluding hydrogens is 360 g/mol. The molecule has 0 spiro atoms. The van der Waals surface area contributed by atoms with E-state index in [0.29, 0.717) is 34.0 Å². The molecule has 0 saturated heterocycles. The van der Waals surface area contributed by atoms with Crippen LogP contribution < -0.4 is 4.68 Å². The van der Waals surface area contributed by atoms with Crippen LogP contribution in [0.2, 0.25) is 0 Å². The average Bonchev–Trinajstić information content (AvgIpc) is 2.89. The molecule has 3 rings (SSSR count). The first kappa shape index (κ1) is 20.0. The summed E-state index contributed by atoms with van der Waals surface area (Å²) in [6, 6.07) is 4.53. The highest BCUT2D eigenvalue weighted by Gasteiger charge is 2.33. The van der Waals surface area contributed by atoms with Gasteiger partial charge in [-0.05, 0) is 23.6 Å². The van der Waals surface area contributed by atoms with E-state index in [-0.39, 0.29) is 11.4 Å². The lowest BCUT2D eigenvalue weighted by Gasteiger charge is -2.17. The molecule has 1 aromatic carbocycles. The molecule has 148 valence electrons. The van der Waals surface area contributed by atoms with Crippen molar-refractivity contribution in [2.75, 3.05) is 0 Å². The van der Waals surface area contributed by atoms with Crippen molar-refractivity contribution in [3.63, 3.8) is 0 Å². The summed E-state index contributed by atoms with van der Waals surface area (Å²) in [7, 11) is 1.59. The number of aromatic amines is 1. The first-order chi connectivity index (χ1) is 12.9. The van der Waals surface area contributed by atoms with E-state index in [1.54, 1.807) is 13.1 Å². The minimum absolute atomic E-state index is 0.260. The third-order valence-electron chi connectivity index (χ3n) is 4.47. The van der Waals surface area contributed by atoms with E-state index < -0.39 is 11.2 Å². The van der Waals surface area contributed by atoms with E-state index in [1.807, 2.05) is 41.5 Å². The van der Waals surface area contributed by atoms with Crippen LogP contribution in [0.3, 0.4) is 0 Å². The molecule has 0 saturated carbocycles. The zero-order chi connectivity index (χ0) is 20.9. The van der Waals surface area contributed by atoms with Gasteiger partial charge in [0.05, 0.1) is 5.56 Å². The lowest BCUT2D eigenvalue weighted by Crippen LogP contribution is -2.34. The number of aryl methyl sites for hydroxylation is 1. The Balaban J connectivity index is 2.19. The van der Waals surface area contributed by atoms with Crippen LogP contribution in [0.1, 0.15) is 52.9 Å². The maximum absolute atomic E-state index is 14.7. The van der Waals surface area contributed by atoms with Gasteiger partial charge in [0.2, 0.25) is 0 Å². The number of nitrogens with zero attached hydrogens (tertiary/aromatic N) is 4. The van der Waals surface area contributed by atoms with Gasteiger partial charge in [0, 0.05) is 16.5 Å². The molecule has 2 aromatic heterocycles. The van der Waals surface area contributed by atoms with Gasteiger partial charge in [-0.2, -0.15) is 5.10 Å². The Labute approximate surface area is 163 Å². The fraction of sp³-hybridized carbons (Fsp3) is 0.429. The van der Waals surface area contributed by atoms with Gasteiger partial charge in [0.15, 0.2) is 12.9 Å². The summed E-state index contributed by atoms with van der Waals surface area (Å²) in [6.07, 6.45) is 1.43. The Bertz CT molecular complexity index is 1030. The minimum Gasteiger partial charge on any atom is -0.221 e. The quantitative estimate of drug-likeness (QED) is 0.671. The number of nitrogens with one attached hydrogen (secondary N) is 1. The van der Waals surface area contributed by atoms with Crippen LogP contribution in [0.15, 0.2) is 24.5 Å². The molecule has 0 bridgehead atoms. The molecule has 0 unspecified atom stereocenters. The molecule has 2 heterocycles. The van der Waals surface area contributed by atoms with Crippen molar-refractivity contribution in [2.45, 2.75) is 52.4 Å². The van der Waals surface area contributed by atoms with E-state index in [1.165, 1.54) is 23.1 Å². The highest BCUT2D eigenvalue weighted by atomic mass is 19.1. The topological polar surface area (TPSA) is 58.3 Å². The fourth-order valence-electron chi connectivity index (χ4n) is 3.10. The molecule has 0 fully saturated rings. The summed E-state index contributed by atoms with van der Waals surface area (Å²) in [5, 5.41) is 3.00. The Kier molecular flexibility index (Phi) is 4.81. The standard InChI is InChI=1S/C21H25F2N5/c1-20(2,3)15-16(27-28(7)17(15)23)12-8-13(10-14(22)9-12)18-24-11-25-19(26-18)21(4,5)6/h8-11H,1-7H3/p+1. The highest BCUT2D eigenvalue weighted by Crippen LogP contribution is 2.34. The second kappa shape index (κ2) is 6.72. The monoisotopic (exact) mass is 386 g/mol. The Morgan fingerprint density at radius 1 is 0.893 bits per heavy atom. The number of H-pyrrole nitrogens is 1. The van der Waals surface area contributed by atoms with E-state index in [0.717, 1.165) is 0 Å². The van der Waals surface area contributed by atoms with E-state index in [9.17, 15) is 8.78 Å². The summed E-state index contributed by atoms with van der Waals surface area (Å²) in [5.41, 5.74) is 1.37. The largest absolute Gasteiger partial charge is 0.388 e. The Hall–Kier alpha value is -2.70. The van der Waals surface area contributed by atoms with Gasteiger partial charge in [0.1, 0.15) is 23.7 Å². The number of hydrogen-bond donors (Lipinski definition) is 1. The smallest absolute Gasteiger partial charge is 0.221 e. The number of rotatable bonds is 2.